The molecule has 0 saturated heterocycles. The molecule has 2 saturated carbocycles. The second kappa shape index (κ2) is 6.41. The van der Waals surface area contributed by atoms with E-state index in [4.69, 9.17) is 10.8 Å². The largest absolute Gasteiger partial charge is 0.478 e. The van der Waals surface area contributed by atoms with Gasteiger partial charge in [-0.1, -0.05) is 31.4 Å². The maximum atomic E-state index is 10.9. The minimum Gasteiger partial charge on any atom is -0.478 e. The van der Waals surface area contributed by atoms with Crippen molar-refractivity contribution in [3.63, 3.8) is 0 Å². The van der Waals surface area contributed by atoms with Crippen molar-refractivity contribution >= 4 is 5.97 Å². The van der Waals surface area contributed by atoms with Crippen molar-refractivity contribution in [2.45, 2.75) is 63.8 Å². The van der Waals surface area contributed by atoms with Crippen LogP contribution in [0.2, 0.25) is 0 Å². The van der Waals surface area contributed by atoms with Gasteiger partial charge in [0, 0.05) is 6.04 Å². The fourth-order valence-corrected chi connectivity index (χ4v) is 4.53. The average molecular weight is 301 g/mol. The number of carbonyl (C=O) groups is 1. The molecule has 3 heteroatoms. The summed E-state index contributed by atoms with van der Waals surface area (Å²) in [6, 6.07) is 7.16. The van der Waals surface area contributed by atoms with Gasteiger partial charge in [-0.05, 0) is 67.6 Å². The molecule has 1 aromatic rings. The first kappa shape index (κ1) is 15.5. The van der Waals surface area contributed by atoms with Crippen LogP contribution in [0.4, 0.5) is 0 Å². The quantitative estimate of drug-likeness (QED) is 0.862. The lowest BCUT2D eigenvalue weighted by Gasteiger charge is -2.44. The molecule has 2 fully saturated rings. The number of carboxylic acids is 1. The highest BCUT2D eigenvalue weighted by atomic mass is 16.4. The van der Waals surface area contributed by atoms with E-state index in [-0.39, 0.29) is 6.04 Å². The van der Waals surface area contributed by atoms with Gasteiger partial charge in [0.25, 0.3) is 0 Å². The van der Waals surface area contributed by atoms with E-state index in [2.05, 4.69) is 0 Å². The Hall–Kier alpha value is -1.35. The Morgan fingerprint density at radius 1 is 1.05 bits per heavy atom. The molecule has 2 aliphatic rings. The molecule has 120 valence electrons. The smallest absolute Gasteiger partial charge is 0.335 e. The Kier molecular flexibility index (Phi) is 4.53. The van der Waals surface area contributed by atoms with Gasteiger partial charge in [-0.25, -0.2) is 4.79 Å². The minimum absolute atomic E-state index is 0.0452. The van der Waals surface area contributed by atoms with E-state index in [0.29, 0.717) is 16.9 Å². The lowest BCUT2D eigenvalue weighted by atomic mass is 9.62. The molecule has 2 aliphatic carbocycles. The van der Waals surface area contributed by atoms with Crippen LogP contribution in [-0.2, 0) is 0 Å². The first-order valence-corrected chi connectivity index (χ1v) is 8.69. The Bertz CT molecular complexity index is 507. The highest BCUT2D eigenvalue weighted by Gasteiger charge is 2.37. The molecule has 3 rings (SSSR count). The lowest BCUT2D eigenvalue weighted by Crippen LogP contribution is -2.33. The van der Waals surface area contributed by atoms with Gasteiger partial charge in [0.15, 0.2) is 0 Å². The average Bonchev–Trinajstić information content (AvgIpc) is 2.56. The summed E-state index contributed by atoms with van der Waals surface area (Å²) in [5, 5.41) is 8.97. The monoisotopic (exact) mass is 301 g/mol. The van der Waals surface area contributed by atoms with Crippen molar-refractivity contribution < 1.29 is 9.90 Å². The molecular weight excluding hydrogens is 274 g/mol. The highest BCUT2D eigenvalue weighted by Crippen LogP contribution is 2.50. The number of carboxylic acid groups (broad SMARTS) is 1. The lowest BCUT2D eigenvalue weighted by molar-refractivity contribution is 0.0696. The van der Waals surface area contributed by atoms with Crippen molar-refractivity contribution in [3.05, 3.63) is 35.4 Å². The van der Waals surface area contributed by atoms with Gasteiger partial charge in [-0.15, -0.1) is 0 Å². The minimum atomic E-state index is -0.878. The molecule has 3 nitrogen and oxygen atoms in total. The second-order valence-corrected chi connectivity index (χ2v) is 7.35. The molecule has 1 spiro atoms. The highest BCUT2D eigenvalue weighted by molar-refractivity contribution is 5.87. The fourth-order valence-electron chi connectivity index (χ4n) is 4.53. The Labute approximate surface area is 132 Å². The van der Waals surface area contributed by atoms with Crippen LogP contribution in [-0.4, -0.2) is 11.1 Å². The van der Waals surface area contributed by atoms with Crippen molar-refractivity contribution in [2.75, 3.05) is 0 Å². The van der Waals surface area contributed by atoms with Crippen LogP contribution in [0.25, 0.3) is 0 Å². The van der Waals surface area contributed by atoms with Crippen LogP contribution in [0.1, 0.15) is 79.8 Å². The Morgan fingerprint density at radius 2 is 1.64 bits per heavy atom. The molecular formula is C19H27NO2. The third-order valence-electron chi connectivity index (χ3n) is 6.06. The second-order valence-electron chi connectivity index (χ2n) is 7.35. The van der Waals surface area contributed by atoms with Crippen LogP contribution in [0.3, 0.4) is 0 Å². The molecule has 0 heterocycles. The third kappa shape index (κ3) is 3.19. The number of benzene rings is 1. The van der Waals surface area contributed by atoms with Crippen molar-refractivity contribution in [2.24, 2.45) is 17.1 Å². The van der Waals surface area contributed by atoms with Crippen LogP contribution < -0.4 is 5.73 Å². The van der Waals surface area contributed by atoms with Gasteiger partial charge in [-0.3, -0.25) is 0 Å². The summed E-state index contributed by atoms with van der Waals surface area (Å²) in [6.45, 7) is 0. The van der Waals surface area contributed by atoms with E-state index in [9.17, 15) is 4.79 Å². The maximum absolute atomic E-state index is 10.9. The number of rotatable bonds is 3. The number of hydrogen-bond donors (Lipinski definition) is 2. The van der Waals surface area contributed by atoms with E-state index in [1.165, 1.54) is 57.8 Å². The molecule has 0 aliphatic heterocycles. The predicted molar refractivity (Wildman–Crippen MR) is 87.8 cm³/mol. The summed E-state index contributed by atoms with van der Waals surface area (Å²) < 4.78 is 0. The van der Waals surface area contributed by atoms with Crippen LogP contribution in [0, 0.1) is 11.3 Å². The normalized spacial score (nSPS) is 23.3. The molecule has 1 atom stereocenters. The van der Waals surface area contributed by atoms with Gasteiger partial charge in [0.1, 0.15) is 0 Å². The van der Waals surface area contributed by atoms with Crippen LogP contribution in [0.5, 0.6) is 0 Å². The summed E-state index contributed by atoms with van der Waals surface area (Å²) in [5.74, 6) is -0.333. The van der Waals surface area contributed by atoms with Gasteiger partial charge >= 0.3 is 5.97 Å². The predicted octanol–water partition coefficient (Wildman–Crippen LogP) is 4.53. The zero-order chi connectivity index (χ0) is 15.6. The molecule has 0 aromatic heterocycles. The van der Waals surface area contributed by atoms with Crippen molar-refractivity contribution in [1.82, 2.24) is 0 Å². The van der Waals surface area contributed by atoms with Gasteiger partial charge in [0.2, 0.25) is 0 Å². The number of hydrogen-bond acceptors (Lipinski definition) is 2. The summed E-state index contributed by atoms with van der Waals surface area (Å²) in [6.07, 6.45) is 12.2. The maximum Gasteiger partial charge on any atom is 0.335 e. The molecule has 0 radical (unpaired) electrons. The van der Waals surface area contributed by atoms with E-state index in [1.807, 2.05) is 12.1 Å². The molecule has 0 amide bonds. The van der Waals surface area contributed by atoms with Crippen LogP contribution in [0.15, 0.2) is 24.3 Å². The van der Waals surface area contributed by atoms with Gasteiger partial charge in [0.05, 0.1) is 5.56 Å². The van der Waals surface area contributed by atoms with Crippen molar-refractivity contribution in [1.29, 1.82) is 0 Å². The van der Waals surface area contributed by atoms with E-state index in [1.54, 1.807) is 12.1 Å². The third-order valence-corrected chi connectivity index (χ3v) is 6.06. The molecule has 1 unspecified atom stereocenters. The van der Waals surface area contributed by atoms with Crippen molar-refractivity contribution in [3.8, 4) is 0 Å². The topological polar surface area (TPSA) is 63.3 Å². The zero-order valence-corrected chi connectivity index (χ0v) is 13.3. The molecule has 22 heavy (non-hydrogen) atoms. The summed E-state index contributed by atoms with van der Waals surface area (Å²) in [7, 11) is 0. The number of nitrogens with two attached hydrogens (primary N) is 1. The van der Waals surface area contributed by atoms with Crippen LogP contribution >= 0.6 is 0 Å². The van der Waals surface area contributed by atoms with E-state index < -0.39 is 5.97 Å². The summed E-state index contributed by atoms with van der Waals surface area (Å²) in [5.41, 5.74) is 8.51. The number of aromatic carboxylic acids is 1. The SMILES string of the molecule is NC(c1ccc(C(=O)O)cc1)C1CCC2(CCCCC2)CC1. The standard InChI is InChI=1S/C19H27NO2/c20-17(14-4-6-16(7-5-14)18(21)22)15-8-12-19(13-9-15)10-2-1-3-11-19/h4-7,15,17H,1-3,8-13,20H2,(H,21,22). The Morgan fingerprint density at radius 3 is 2.18 bits per heavy atom. The van der Waals surface area contributed by atoms with E-state index in [0.717, 1.165) is 5.56 Å². The van der Waals surface area contributed by atoms with Gasteiger partial charge in [-0.2, -0.15) is 0 Å². The molecule has 3 N–H and O–H groups in total. The summed E-state index contributed by atoms with van der Waals surface area (Å²) in [4.78, 5) is 10.9. The first-order chi connectivity index (χ1) is 10.6. The molecule has 0 bridgehead atoms. The van der Waals surface area contributed by atoms with Gasteiger partial charge < -0.3 is 10.8 Å². The first-order valence-electron chi connectivity index (χ1n) is 8.69. The van der Waals surface area contributed by atoms with E-state index >= 15 is 0 Å². The molecule has 1 aromatic carbocycles. The Balaban J connectivity index is 1.61. The zero-order valence-electron chi connectivity index (χ0n) is 13.3. The summed E-state index contributed by atoms with van der Waals surface area (Å²) >= 11 is 0. The fraction of sp³-hybridized carbons (Fsp3) is 0.632.